The van der Waals surface area contributed by atoms with Crippen molar-refractivity contribution in [1.82, 2.24) is 4.98 Å². The van der Waals surface area contributed by atoms with Crippen LogP contribution in [0.25, 0.3) is 11.1 Å². The van der Waals surface area contributed by atoms with Gasteiger partial charge in [0.25, 0.3) is 10.9 Å². The molecule has 0 aliphatic heterocycles. The van der Waals surface area contributed by atoms with Gasteiger partial charge in [-0.15, -0.1) is 0 Å². The average Bonchev–Trinajstić information content (AvgIpc) is 2.95. The first-order valence-electron chi connectivity index (χ1n) is 6.50. The Balaban J connectivity index is 1.76. The molecule has 0 bridgehead atoms. The van der Waals surface area contributed by atoms with Crippen LogP contribution >= 0.6 is 27.7 Å². The lowest BCUT2D eigenvalue weighted by molar-refractivity contribution is -0.384. The third kappa shape index (κ3) is 3.43. The van der Waals surface area contributed by atoms with Gasteiger partial charge in [-0.25, -0.2) is 4.98 Å². The van der Waals surface area contributed by atoms with Crippen LogP contribution in [0.2, 0.25) is 0 Å². The third-order valence-corrected chi connectivity index (χ3v) is 4.58. The standard InChI is InChI=1S/C15H9BrN2O4S/c16-11-6-5-9(18(20)21)7-10(11)13(19)8-23-15-17-12-3-1-2-4-14(12)22-15/h1-7H,8H2. The van der Waals surface area contributed by atoms with Gasteiger partial charge in [-0.3, -0.25) is 14.9 Å². The topological polar surface area (TPSA) is 86.2 Å². The number of non-ortho nitro benzene ring substituents is 1. The van der Waals surface area contributed by atoms with Gasteiger partial charge >= 0.3 is 0 Å². The smallest absolute Gasteiger partial charge is 0.270 e. The largest absolute Gasteiger partial charge is 0.431 e. The number of oxazole rings is 1. The molecule has 0 unspecified atom stereocenters. The van der Waals surface area contributed by atoms with E-state index in [2.05, 4.69) is 20.9 Å². The molecule has 0 fully saturated rings. The quantitative estimate of drug-likeness (QED) is 0.275. The van der Waals surface area contributed by atoms with Gasteiger partial charge in [0, 0.05) is 22.2 Å². The number of rotatable bonds is 5. The summed E-state index contributed by atoms with van der Waals surface area (Å²) in [6, 6.07) is 11.4. The lowest BCUT2D eigenvalue weighted by Crippen LogP contribution is -2.04. The Morgan fingerprint density at radius 2 is 2.09 bits per heavy atom. The second-order valence-corrected chi connectivity index (χ2v) is 6.36. The average molecular weight is 393 g/mol. The number of para-hydroxylation sites is 2. The fourth-order valence-electron chi connectivity index (χ4n) is 1.96. The molecule has 6 nitrogen and oxygen atoms in total. The van der Waals surface area contributed by atoms with Gasteiger partial charge in [0.2, 0.25) is 0 Å². The third-order valence-electron chi connectivity index (χ3n) is 3.06. The second kappa shape index (κ2) is 6.51. The number of hydrogen-bond donors (Lipinski definition) is 0. The Morgan fingerprint density at radius 3 is 2.83 bits per heavy atom. The first kappa shape index (κ1) is 15.7. The number of benzene rings is 2. The van der Waals surface area contributed by atoms with Gasteiger partial charge in [-0.05, 0) is 18.2 Å². The van der Waals surface area contributed by atoms with E-state index >= 15 is 0 Å². The van der Waals surface area contributed by atoms with Crippen molar-refractivity contribution in [3.05, 3.63) is 62.6 Å². The second-order valence-electron chi connectivity index (χ2n) is 4.58. The number of nitro benzene ring substituents is 1. The van der Waals surface area contributed by atoms with Gasteiger partial charge in [0.15, 0.2) is 11.4 Å². The summed E-state index contributed by atoms with van der Waals surface area (Å²) in [5.41, 5.74) is 1.52. The Labute approximate surface area is 143 Å². The molecule has 0 radical (unpaired) electrons. The van der Waals surface area contributed by atoms with Crippen molar-refractivity contribution >= 4 is 50.3 Å². The van der Waals surface area contributed by atoms with E-state index in [1.54, 1.807) is 6.07 Å². The first-order chi connectivity index (χ1) is 11.0. The van der Waals surface area contributed by atoms with Gasteiger partial charge in [0.1, 0.15) is 5.52 Å². The first-order valence-corrected chi connectivity index (χ1v) is 8.28. The minimum absolute atomic E-state index is 0.0760. The fourth-order valence-corrected chi connectivity index (χ4v) is 3.15. The molecular formula is C15H9BrN2O4S. The lowest BCUT2D eigenvalue weighted by atomic mass is 10.1. The SMILES string of the molecule is O=C(CSc1nc2ccccc2o1)c1cc([N+](=O)[O-])ccc1Br. The number of nitro groups is 1. The van der Waals surface area contributed by atoms with Gasteiger partial charge in [-0.1, -0.05) is 39.8 Å². The van der Waals surface area contributed by atoms with Gasteiger partial charge < -0.3 is 4.42 Å². The molecule has 116 valence electrons. The van der Waals surface area contributed by atoms with Crippen molar-refractivity contribution < 1.29 is 14.1 Å². The number of halogens is 1. The van der Waals surface area contributed by atoms with Gasteiger partial charge in [0.05, 0.1) is 10.7 Å². The molecular weight excluding hydrogens is 384 g/mol. The Bertz CT molecular complexity index is 876. The Kier molecular flexibility index (Phi) is 4.44. The molecule has 0 saturated heterocycles. The van der Waals surface area contributed by atoms with E-state index in [1.807, 2.05) is 18.2 Å². The maximum Gasteiger partial charge on any atom is 0.270 e. The number of carbonyl (C=O) groups is 1. The minimum atomic E-state index is -0.531. The monoisotopic (exact) mass is 392 g/mol. The zero-order chi connectivity index (χ0) is 16.4. The Hall–Kier alpha value is -2.19. The highest BCUT2D eigenvalue weighted by atomic mass is 79.9. The molecule has 0 aliphatic carbocycles. The maximum absolute atomic E-state index is 12.3. The number of ketones is 1. The van der Waals surface area contributed by atoms with Gasteiger partial charge in [-0.2, -0.15) is 0 Å². The van der Waals surface area contributed by atoms with Crippen LogP contribution in [-0.2, 0) is 0 Å². The van der Waals surface area contributed by atoms with Crippen LogP contribution in [0, 0.1) is 10.1 Å². The summed E-state index contributed by atoms with van der Waals surface area (Å²) in [6.45, 7) is 0. The number of fused-ring (bicyclic) bond motifs is 1. The van der Waals surface area contributed by atoms with Crippen LogP contribution in [0.5, 0.6) is 0 Å². The molecule has 8 heteroatoms. The molecule has 3 aromatic rings. The summed E-state index contributed by atoms with van der Waals surface area (Å²) in [4.78, 5) is 26.8. The van der Waals surface area contributed by atoms with Crippen LogP contribution in [-0.4, -0.2) is 21.4 Å². The molecule has 1 heterocycles. The summed E-state index contributed by atoms with van der Waals surface area (Å²) in [5.74, 6) is -0.167. The molecule has 2 aromatic carbocycles. The fraction of sp³-hybridized carbons (Fsp3) is 0.0667. The highest BCUT2D eigenvalue weighted by Crippen LogP contribution is 2.27. The maximum atomic E-state index is 12.3. The highest BCUT2D eigenvalue weighted by Gasteiger charge is 2.17. The molecule has 0 spiro atoms. The van der Waals surface area contributed by atoms with Crippen LogP contribution in [0.3, 0.4) is 0 Å². The molecule has 0 aliphatic rings. The molecule has 0 amide bonds. The molecule has 0 saturated carbocycles. The zero-order valence-electron chi connectivity index (χ0n) is 11.6. The number of hydrogen-bond acceptors (Lipinski definition) is 6. The van der Waals surface area contributed by atoms with E-state index in [9.17, 15) is 14.9 Å². The van der Waals surface area contributed by atoms with E-state index < -0.39 is 4.92 Å². The number of nitrogens with zero attached hydrogens (tertiary/aromatic N) is 2. The normalized spacial score (nSPS) is 10.8. The van der Waals surface area contributed by atoms with Crippen LogP contribution < -0.4 is 0 Å². The van der Waals surface area contributed by atoms with Crippen molar-refractivity contribution in [3.8, 4) is 0 Å². The van der Waals surface area contributed by atoms with Crippen molar-refractivity contribution in [1.29, 1.82) is 0 Å². The zero-order valence-corrected chi connectivity index (χ0v) is 14.0. The number of aromatic nitrogens is 1. The van der Waals surface area contributed by atoms with E-state index in [-0.39, 0.29) is 22.8 Å². The van der Waals surface area contributed by atoms with Crippen molar-refractivity contribution in [2.45, 2.75) is 5.22 Å². The van der Waals surface area contributed by atoms with Crippen molar-refractivity contribution in [2.75, 3.05) is 5.75 Å². The summed E-state index contributed by atoms with van der Waals surface area (Å²) < 4.78 is 6.05. The van der Waals surface area contributed by atoms with E-state index in [0.29, 0.717) is 15.3 Å². The summed E-state index contributed by atoms with van der Waals surface area (Å²) in [7, 11) is 0. The molecule has 0 N–H and O–H groups in total. The van der Waals surface area contributed by atoms with Crippen LogP contribution in [0.1, 0.15) is 10.4 Å². The predicted octanol–water partition coefficient (Wildman–Crippen LogP) is 4.47. The summed E-state index contributed by atoms with van der Waals surface area (Å²) >= 11 is 4.40. The lowest BCUT2D eigenvalue weighted by Gasteiger charge is -2.02. The number of Topliss-reactive ketones (excluding diaryl/α,β-unsaturated/α-hetero) is 1. The minimum Gasteiger partial charge on any atom is -0.431 e. The van der Waals surface area contributed by atoms with E-state index in [4.69, 9.17) is 4.42 Å². The molecule has 1 aromatic heterocycles. The van der Waals surface area contributed by atoms with Crippen LogP contribution in [0.4, 0.5) is 5.69 Å². The molecule has 3 rings (SSSR count). The number of thioether (sulfide) groups is 1. The van der Waals surface area contributed by atoms with Crippen molar-refractivity contribution in [3.63, 3.8) is 0 Å². The predicted molar refractivity (Wildman–Crippen MR) is 89.9 cm³/mol. The highest BCUT2D eigenvalue weighted by molar-refractivity contribution is 9.10. The van der Waals surface area contributed by atoms with E-state index in [1.165, 1.54) is 18.2 Å². The summed E-state index contributed by atoms with van der Waals surface area (Å²) in [5, 5.41) is 11.2. The van der Waals surface area contributed by atoms with Crippen molar-refractivity contribution in [2.24, 2.45) is 0 Å². The molecule has 0 atom stereocenters. The van der Waals surface area contributed by atoms with Crippen LogP contribution in [0.15, 0.2) is 56.6 Å². The Morgan fingerprint density at radius 1 is 1.30 bits per heavy atom. The summed E-state index contributed by atoms with van der Waals surface area (Å²) in [6.07, 6.45) is 0. The molecule has 23 heavy (non-hydrogen) atoms. The number of carbonyl (C=O) groups excluding carboxylic acids is 1. The van der Waals surface area contributed by atoms with E-state index in [0.717, 1.165) is 17.3 Å².